The summed E-state index contributed by atoms with van der Waals surface area (Å²) in [5, 5.41) is 2.87. The first-order chi connectivity index (χ1) is 18.8. The second-order valence-electron chi connectivity index (χ2n) is 10.3. The highest BCUT2D eigenvalue weighted by Crippen LogP contribution is 2.45. The number of nitrogens with zero attached hydrogens (tertiary/aromatic N) is 1. The Labute approximate surface area is 233 Å². The van der Waals surface area contributed by atoms with Crippen molar-refractivity contribution in [3.63, 3.8) is 0 Å². The Bertz CT molecular complexity index is 889. The molecule has 5 atom stereocenters. The van der Waals surface area contributed by atoms with E-state index in [0.29, 0.717) is 25.7 Å². The highest BCUT2D eigenvalue weighted by molar-refractivity contribution is 5.96. The molecule has 0 unspecified atom stereocenters. The Morgan fingerprint density at radius 3 is 2.38 bits per heavy atom. The molecule has 9 heteroatoms. The summed E-state index contributed by atoms with van der Waals surface area (Å²) in [6.45, 7) is 13.6. The second kappa shape index (κ2) is 16.2. The quantitative estimate of drug-likeness (QED) is 0.149. The molecule has 1 aliphatic carbocycles. The van der Waals surface area contributed by atoms with E-state index in [2.05, 4.69) is 25.1 Å². The first-order valence-electron chi connectivity index (χ1n) is 14.1. The van der Waals surface area contributed by atoms with Crippen molar-refractivity contribution in [1.29, 1.82) is 0 Å². The largest absolute Gasteiger partial charge is 0.466 e. The van der Waals surface area contributed by atoms with Crippen molar-refractivity contribution >= 4 is 23.8 Å². The van der Waals surface area contributed by atoms with E-state index in [-0.39, 0.29) is 44.1 Å². The maximum Gasteiger partial charge on any atom is 0.332 e. The molecule has 2 fully saturated rings. The van der Waals surface area contributed by atoms with E-state index >= 15 is 0 Å². The Morgan fingerprint density at radius 1 is 1.05 bits per heavy atom. The summed E-state index contributed by atoms with van der Waals surface area (Å²) in [5.41, 5.74) is -1.16. The van der Waals surface area contributed by atoms with E-state index in [4.69, 9.17) is 14.2 Å². The lowest BCUT2D eigenvalue weighted by Crippen LogP contribution is -2.54. The van der Waals surface area contributed by atoms with E-state index in [1.165, 1.54) is 4.90 Å². The Kier molecular flexibility index (Phi) is 13.4. The molecule has 0 aromatic carbocycles. The zero-order valence-electron chi connectivity index (χ0n) is 23.7. The van der Waals surface area contributed by atoms with Crippen LogP contribution in [0.1, 0.15) is 71.1 Å². The smallest absolute Gasteiger partial charge is 0.332 e. The molecule has 0 aromatic rings. The van der Waals surface area contributed by atoms with Crippen LogP contribution in [0.4, 0.5) is 0 Å². The number of esters is 2. The number of methoxy groups -OCH3 is 1. The zero-order valence-corrected chi connectivity index (χ0v) is 23.7. The van der Waals surface area contributed by atoms with Crippen LogP contribution >= 0.6 is 0 Å². The predicted octanol–water partition coefficient (Wildman–Crippen LogP) is 3.88. The average Bonchev–Trinajstić information content (AvgIpc) is 3.47. The molecule has 0 radical (unpaired) electrons. The van der Waals surface area contributed by atoms with Crippen LogP contribution in [0, 0.1) is 11.8 Å². The maximum absolute atomic E-state index is 13.8. The average molecular weight is 547 g/mol. The van der Waals surface area contributed by atoms with Crippen molar-refractivity contribution in [3.8, 4) is 0 Å². The summed E-state index contributed by atoms with van der Waals surface area (Å²) in [5.74, 6) is -2.49. The van der Waals surface area contributed by atoms with Gasteiger partial charge < -0.3 is 24.4 Å². The molecule has 2 rings (SSSR count). The fourth-order valence-electron chi connectivity index (χ4n) is 5.10. The summed E-state index contributed by atoms with van der Waals surface area (Å²) < 4.78 is 16.1. The maximum atomic E-state index is 13.8. The van der Waals surface area contributed by atoms with Crippen molar-refractivity contribution in [1.82, 2.24) is 10.2 Å². The normalized spacial score (nSPS) is 24.4. The van der Waals surface area contributed by atoms with Crippen molar-refractivity contribution in [2.45, 2.75) is 88.8 Å². The molecule has 2 amide bonds. The highest BCUT2D eigenvalue weighted by atomic mass is 16.5. The summed E-state index contributed by atoms with van der Waals surface area (Å²) in [6, 6.07) is -0.827. The number of likely N-dealkylation sites (tertiary alicyclic amines) is 1. The fraction of sp³-hybridized carbons (Fsp3) is 0.667. The third-order valence-corrected chi connectivity index (χ3v) is 7.51. The number of unbranched alkanes of at least 4 members (excludes halogenated alkanes) is 4. The van der Waals surface area contributed by atoms with Crippen molar-refractivity contribution < 1.29 is 33.4 Å². The van der Waals surface area contributed by atoms with Gasteiger partial charge in [0.2, 0.25) is 11.8 Å². The molecule has 218 valence electrons. The van der Waals surface area contributed by atoms with E-state index < -0.39 is 35.3 Å². The molecular weight excluding hydrogens is 500 g/mol. The van der Waals surface area contributed by atoms with Gasteiger partial charge in [0.05, 0.1) is 25.7 Å². The standard InChI is InChI=1S/C30H46N2O7/c1-6-10-12-13-14-16-22(18-26(33)39-17-15-11-7-2)28(35)32-21-24(37-5)19-25(32)27(34)31-30(20-23(30)8-3)29(36)38-9-4/h6-8,22-25H,1-3,9-21H2,4-5H3,(H,31,34)/t22-,23-,24-,25+,30-/m1/s1. The number of hydrogen-bond acceptors (Lipinski definition) is 7. The molecule has 1 heterocycles. The van der Waals surface area contributed by atoms with Crippen molar-refractivity contribution in [2.24, 2.45) is 11.8 Å². The minimum atomic E-state index is -1.16. The van der Waals surface area contributed by atoms with Crippen molar-refractivity contribution in [3.05, 3.63) is 38.0 Å². The van der Waals surface area contributed by atoms with Gasteiger partial charge in [-0.2, -0.15) is 0 Å². The summed E-state index contributed by atoms with van der Waals surface area (Å²) in [4.78, 5) is 54.2. The van der Waals surface area contributed by atoms with Crippen molar-refractivity contribution in [2.75, 3.05) is 26.9 Å². The molecule has 39 heavy (non-hydrogen) atoms. The van der Waals surface area contributed by atoms with E-state index in [1.54, 1.807) is 26.2 Å². The fourth-order valence-corrected chi connectivity index (χ4v) is 5.10. The number of hydrogen-bond donors (Lipinski definition) is 1. The van der Waals surface area contributed by atoms with Gasteiger partial charge in [-0.25, -0.2) is 4.79 Å². The number of carbonyl (C=O) groups excluding carboxylic acids is 4. The van der Waals surface area contributed by atoms with Crippen LogP contribution < -0.4 is 5.32 Å². The second-order valence-corrected chi connectivity index (χ2v) is 10.3. The number of rotatable bonds is 19. The lowest BCUT2D eigenvalue weighted by molar-refractivity contribution is -0.152. The number of allylic oxidation sites excluding steroid dienone is 2. The first kappa shape index (κ1) is 32.3. The van der Waals surface area contributed by atoms with Crippen LogP contribution in [-0.4, -0.2) is 73.2 Å². The topological polar surface area (TPSA) is 111 Å². The molecule has 0 aromatic heterocycles. The Hall–Kier alpha value is -2.94. The van der Waals surface area contributed by atoms with Crippen LogP contribution in [0.3, 0.4) is 0 Å². The Balaban J connectivity index is 2.16. The predicted molar refractivity (Wildman–Crippen MR) is 149 cm³/mol. The minimum absolute atomic E-state index is 0.0534. The lowest BCUT2D eigenvalue weighted by Gasteiger charge is -2.29. The van der Waals surface area contributed by atoms with Gasteiger partial charge in [-0.3, -0.25) is 14.4 Å². The highest BCUT2D eigenvalue weighted by Gasteiger charge is 2.62. The van der Waals surface area contributed by atoms with Gasteiger partial charge in [-0.05, 0) is 45.4 Å². The summed E-state index contributed by atoms with van der Waals surface area (Å²) in [6.07, 6.45) is 11.0. The van der Waals surface area contributed by atoms with Crippen LogP contribution in [0.2, 0.25) is 0 Å². The minimum Gasteiger partial charge on any atom is -0.466 e. The molecule has 2 aliphatic rings. The third kappa shape index (κ3) is 9.05. The lowest BCUT2D eigenvalue weighted by atomic mass is 9.95. The molecule has 1 saturated heterocycles. The molecule has 9 nitrogen and oxygen atoms in total. The van der Waals surface area contributed by atoms with E-state index in [9.17, 15) is 19.2 Å². The van der Waals surface area contributed by atoms with Gasteiger partial charge in [0, 0.05) is 31.9 Å². The van der Waals surface area contributed by atoms with Gasteiger partial charge in [0.15, 0.2) is 0 Å². The third-order valence-electron chi connectivity index (χ3n) is 7.51. The van der Waals surface area contributed by atoms with Gasteiger partial charge in [0.1, 0.15) is 11.6 Å². The molecular formula is C30H46N2O7. The SMILES string of the molecule is C=CCCCCC[C@H](CC(=O)OCCCC=C)C(=O)N1C[C@H](OC)C[C@H]1C(=O)N[C@]1(C(=O)OCC)C[C@H]1C=C. The van der Waals surface area contributed by atoms with E-state index in [1.807, 2.05) is 6.08 Å². The molecule has 1 saturated carbocycles. The summed E-state index contributed by atoms with van der Waals surface area (Å²) in [7, 11) is 1.54. The van der Waals surface area contributed by atoms with Crippen LogP contribution in [0.25, 0.3) is 0 Å². The van der Waals surface area contributed by atoms with Crippen LogP contribution in [0.15, 0.2) is 38.0 Å². The van der Waals surface area contributed by atoms with Crippen LogP contribution in [0.5, 0.6) is 0 Å². The molecule has 1 aliphatic heterocycles. The van der Waals surface area contributed by atoms with Gasteiger partial charge >= 0.3 is 11.9 Å². The van der Waals surface area contributed by atoms with Gasteiger partial charge in [-0.15, -0.1) is 19.7 Å². The zero-order chi connectivity index (χ0) is 28.8. The Morgan fingerprint density at radius 2 is 1.77 bits per heavy atom. The molecule has 0 spiro atoms. The number of carbonyl (C=O) groups is 4. The monoisotopic (exact) mass is 546 g/mol. The molecule has 0 bridgehead atoms. The van der Waals surface area contributed by atoms with Crippen LogP contribution in [-0.2, 0) is 33.4 Å². The molecule has 1 N–H and O–H groups in total. The van der Waals surface area contributed by atoms with E-state index in [0.717, 1.165) is 32.1 Å². The van der Waals surface area contributed by atoms with Gasteiger partial charge in [-0.1, -0.05) is 31.1 Å². The number of amides is 2. The van der Waals surface area contributed by atoms with Gasteiger partial charge in [0.25, 0.3) is 0 Å². The first-order valence-corrected chi connectivity index (χ1v) is 14.1. The summed E-state index contributed by atoms with van der Waals surface area (Å²) >= 11 is 0. The number of ether oxygens (including phenoxy) is 3. The number of nitrogens with one attached hydrogen (secondary N) is 1.